The monoisotopic (exact) mass is 728 g/mol. The number of carbonyl (C=O) groups excluding carboxylic acids is 3. The summed E-state index contributed by atoms with van der Waals surface area (Å²) in [7, 11) is 0. The van der Waals surface area contributed by atoms with Gasteiger partial charge in [0, 0.05) is 30.3 Å². The first-order valence-electron chi connectivity index (χ1n) is 17.6. The van der Waals surface area contributed by atoms with E-state index in [4.69, 9.17) is 16.3 Å². The van der Waals surface area contributed by atoms with E-state index >= 15 is 4.39 Å². The van der Waals surface area contributed by atoms with Gasteiger partial charge in [-0.05, 0) is 79.5 Å². The van der Waals surface area contributed by atoms with E-state index in [0.29, 0.717) is 55.6 Å². The third-order valence-corrected chi connectivity index (χ3v) is 10.9. The molecule has 0 saturated carbocycles. The Bertz CT molecular complexity index is 2020. The predicted molar refractivity (Wildman–Crippen MR) is 193 cm³/mol. The Morgan fingerprint density at radius 2 is 1.73 bits per heavy atom. The molecule has 272 valence electrons. The average molecular weight is 729 g/mol. The van der Waals surface area contributed by atoms with Crippen molar-refractivity contribution in [2.75, 3.05) is 25.0 Å². The minimum Gasteiger partial charge on any atom is -0.436 e. The van der Waals surface area contributed by atoms with Gasteiger partial charge in [-0.25, -0.2) is 13.9 Å². The number of anilines is 1. The zero-order valence-corrected chi connectivity index (χ0v) is 30.4. The number of amides is 3. The van der Waals surface area contributed by atoms with Crippen molar-refractivity contribution in [3.8, 4) is 0 Å². The number of piperidine rings is 2. The van der Waals surface area contributed by atoms with Gasteiger partial charge in [-0.3, -0.25) is 14.9 Å². The molecule has 3 aliphatic rings. The number of aliphatic hydroxyl groups is 1. The van der Waals surface area contributed by atoms with Crippen molar-refractivity contribution >= 4 is 35.2 Å². The number of aliphatic hydroxyl groups excluding tert-OH is 1. The summed E-state index contributed by atoms with van der Waals surface area (Å²) in [5.74, 6) is -1.24. The molecule has 3 atom stereocenters. The second-order valence-electron chi connectivity index (χ2n) is 15.1. The van der Waals surface area contributed by atoms with Crippen molar-refractivity contribution in [1.29, 1.82) is 0 Å². The van der Waals surface area contributed by atoms with Gasteiger partial charge in [0.05, 0.1) is 35.1 Å². The Morgan fingerprint density at radius 1 is 1.04 bits per heavy atom. The van der Waals surface area contributed by atoms with Crippen LogP contribution in [0.1, 0.15) is 109 Å². The van der Waals surface area contributed by atoms with E-state index in [1.807, 2.05) is 31.2 Å². The van der Waals surface area contributed by atoms with Gasteiger partial charge in [-0.1, -0.05) is 67.9 Å². The molecule has 1 spiro atoms. The van der Waals surface area contributed by atoms with Crippen LogP contribution in [-0.2, 0) is 15.8 Å². The van der Waals surface area contributed by atoms with Crippen LogP contribution in [0.2, 0.25) is 5.02 Å². The maximum atomic E-state index is 15.4. The first-order chi connectivity index (χ1) is 24.7. The molecule has 0 aliphatic carbocycles. The first kappa shape index (κ1) is 35.6. The zero-order valence-electron chi connectivity index (χ0n) is 29.6. The summed E-state index contributed by atoms with van der Waals surface area (Å²) in [5, 5.41) is 22.0. The lowest BCUT2D eigenvalue weighted by Gasteiger charge is -2.47. The number of nitrogens with one attached hydrogen (secondary N) is 1. The zero-order chi connectivity index (χ0) is 36.9. The van der Waals surface area contributed by atoms with Crippen LogP contribution < -0.4 is 5.32 Å². The molecular formula is C39H42ClFN6O5. The Kier molecular flexibility index (Phi) is 9.33. The van der Waals surface area contributed by atoms with Crippen LogP contribution in [0.4, 0.5) is 14.9 Å². The minimum atomic E-state index is -1.41. The van der Waals surface area contributed by atoms with Gasteiger partial charge in [0.25, 0.3) is 11.8 Å². The van der Waals surface area contributed by atoms with E-state index in [1.54, 1.807) is 44.9 Å². The van der Waals surface area contributed by atoms with Gasteiger partial charge in [0.15, 0.2) is 11.4 Å². The number of halogens is 2. The lowest BCUT2D eigenvalue weighted by molar-refractivity contribution is -0.0546. The van der Waals surface area contributed by atoms with Crippen molar-refractivity contribution < 1.29 is 28.6 Å². The molecule has 2 saturated heterocycles. The molecule has 3 amide bonds. The summed E-state index contributed by atoms with van der Waals surface area (Å²) >= 11 is 6.13. The summed E-state index contributed by atoms with van der Waals surface area (Å²) < 4.78 is 23.0. The third kappa shape index (κ3) is 6.65. The Morgan fingerprint density at radius 3 is 2.42 bits per heavy atom. The number of hydrogen-bond acceptors (Lipinski definition) is 7. The van der Waals surface area contributed by atoms with Crippen LogP contribution in [0.25, 0.3) is 0 Å². The molecule has 13 heteroatoms. The third-order valence-electron chi connectivity index (χ3n) is 10.6. The van der Waals surface area contributed by atoms with Crippen molar-refractivity contribution in [3.63, 3.8) is 0 Å². The summed E-state index contributed by atoms with van der Waals surface area (Å²) in [5.41, 5.74) is 2.06. The Hall–Kier alpha value is -4.81. The molecule has 11 nitrogen and oxygen atoms in total. The molecule has 3 aliphatic heterocycles. The fourth-order valence-electron chi connectivity index (χ4n) is 7.53. The van der Waals surface area contributed by atoms with Gasteiger partial charge in [-0.15, -0.1) is 5.10 Å². The van der Waals surface area contributed by atoms with Crippen molar-refractivity contribution in [2.24, 2.45) is 0 Å². The summed E-state index contributed by atoms with van der Waals surface area (Å²) in [6.07, 6.45) is 2.21. The highest BCUT2D eigenvalue weighted by molar-refractivity contribution is 6.31. The molecule has 1 aromatic heterocycles. The summed E-state index contributed by atoms with van der Waals surface area (Å²) in [4.78, 5) is 43.6. The largest absolute Gasteiger partial charge is 0.436 e. The highest BCUT2D eigenvalue weighted by Gasteiger charge is 2.50. The molecule has 0 radical (unpaired) electrons. The van der Waals surface area contributed by atoms with Gasteiger partial charge in [-0.2, -0.15) is 0 Å². The van der Waals surface area contributed by atoms with E-state index < -0.39 is 23.6 Å². The number of rotatable bonds is 5. The normalized spacial score (nSPS) is 21.4. The number of likely N-dealkylation sites (tertiary alicyclic amines) is 2. The van der Waals surface area contributed by atoms with E-state index in [9.17, 15) is 19.5 Å². The number of benzene rings is 3. The topological polar surface area (TPSA) is 130 Å². The standard InChI is InChI=1S/C39H42ClFN6O5/c1-23-14-17-39(32-30(42-37(51)52-39)13-12-29(40)33(32)41)22-46(23)36(50)26-7-5-6-25(20-26)35(49)45-18-15-28(16-19-45)47-21-31(43-44-47)34(48)24-8-10-27(11-9-24)38(2,3)4/h5-13,20-21,23,28,34,48H,14-19,22H2,1-4H3,(H,42,51). The molecule has 4 heterocycles. The molecule has 2 fully saturated rings. The summed E-state index contributed by atoms with van der Waals surface area (Å²) in [6.45, 7) is 9.21. The maximum Gasteiger partial charge on any atom is 0.412 e. The molecule has 7 rings (SSSR count). The van der Waals surface area contributed by atoms with Crippen LogP contribution in [0.15, 0.2) is 66.9 Å². The minimum absolute atomic E-state index is 0.00975. The number of ether oxygens (including phenoxy) is 1. The SMILES string of the molecule is CC1CCC2(CN1C(=O)c1cccc(C(=O)N3CCC(n4cc(C(O)c5ccc(C(C)(C)C)cc5)nn4)CC3)c1)OC(=O)Nc1ccc(Cl)c(F)c12. The van der Waals surface area contributed by atoms with Crippen LogP contribution in [0.5, 0.6) is 0 Å². The summed E-state index contributed by atoms with van der Waals surface area (Å²) in [6, 6.07) is 17.2. The fourth-order valence-corrected chi connectivity index (χ4v) is 7.69. The van der Waals surface area contributed by atoms with Gasteiger partial charge < -0.3 is 19.6 Å². The van der Waals surface area contributed by atoms with E-state index in [0.717, 1.165) is 5.56 Å². The van der Waals surface area contributed by atoms with Gasteiger partial charge in [0.1, 0.15) is 11.8 Å². The second-order valence-corrected chi connectivity index (χ2v) is 15.5. The van der Waals surface area contributed by atoms with Crippen LogP contribution in [-0.4, -0.2) is 73.5 Å². The lowest BCUT2D eigenvalue weighted by Crippen LogP contribution is -2.56. The van der Waals surface area contributed by atoms with E-state index in [2.05, 4.69) is 36.4 Å². The molecular weight excluding hydrogens is 687 g/mol. The molecule has 3 unspecified atom stereocenters. The van der Waals surface area contributed by atoms with Crippen molar-refractivity contribution in [1.82, 2.24) is 24.8 Å². The molecule has 0 bridgehead atoms. The van der Waals surface area contributed by atoms with E-state index in [-0.39, 0.29) is 52.1 Å². The van der Waals surface area contributed by atoms with Crippen LogP contribution in [0, 0.1) is 5.82 Å². The lowest BCUT2D eigenvalue weighted by atomic mass is 9.80. The Labute approximate surface area is 306 Å². The number of nitrogens with zero attached hydrogens (tertiary/aromatic N) is 5. The highest BCUT2D eigenvalue weighted by Crippen LogP contribution is 2.46. The Balaban J connectivity index is 1.01. The van der Waals surface area contributed by atoms with Crippen LogP contribution >= 0.6 is 11.6 Å². The number of hydrogen-bond donors (Lipinski definition) is 2. The van der Waals surface area contributed by atoms with Crippen molar-refractivity contribution in [3.05, 3.63) is 111 Å². The highest BCUT2D eigenvalue weighted by atomic mass is 35.5. The maximum absolute atomic E-state index is 15.4. The number of fused-ring (bicyclic) bond motifs is 2. The smallest absolute Gasteiger partial charge is 0.412 e. The number of aromatic nitrogens is 3. The van der Waals surface area contributed by atoms with Crippen LogP contribution in [0.3, 0.4) is 0 Å². The molecule has 4 aromatic rings. The number of carbonyl (C=O) groups is 3. The van der Waals surface area contributed by atoms with E-state index in [1.165, 1.54) is 17.7 Å². The van der Waals surface area contributed by atoms with Gasteiger partial charge in [0.2, 0.25) is 0 Å². The van der Waals surface area contributed by atoms with Crippen molar-refractivity contribution in [2.45, 2.75) is 82.6 Å². The average Bonchev–Trinajstić information content (AvgIpc) is 3.63. The van der Waals surface area contributed by atoms with Gasteiger partial charge >= 0.3 is 6.09 Å². The molecule has 2 N–H and O–H groups in total. The second kappa shape index (κ2) is 13.6. The predicted octanol–water partition coefficient (Wildman–Crippen LogP) is 7.01. The first-order valence-corrected chi connectivity index (χ1v) is 18.0. The quantitative estimate of drug-likeness (QED) is 0.226. The fraction of sp³-hybridized carbons (Fsp3) is 0.410. The molecule has 52 heavy (non-hydrogen) atoms. The molecule has 3 aromatic carbocycles.